The first-order valence-electron chi connectivity index (χ1n) is 7.95. The van der Waals surface area contributed by atoms with E-state index in [0.717, 1.165) is 13.0 Å². The van der Waals surface area contributed by atoms with Crippen molar-refractivity contribution in [1.29, 1.82) is 0 Å². The minimum atomic E-state index is -0.219. The van der Waals surface area contributed by atoms with Crippen LogP contribution in [0.5, 0.6) is 0 Å². The van der Waals surface area contributed by atoms with Crippen LogP contribution in [0.1, 0.15) is 19.3 Å². The zero-order valence-corrected chi connectivity index (χ0v) is 13.3. The number of rotatable bonds is 6. The molecule has 1 aromatic heterocycles. The molecule has 0 saturated heterocycles. The number of aromatic nitrogens is 2. The number of para-hydroxylation sites is 1. The van der Waals surface area contributed by atoms with Crippen molar-refractivity contribution in [3.8, 4) is 0 Å². The number of aryl methyl sites for hydroxylation is 1. The second-order valence-corrected chi connectivity index (χ2v) is 5.47. The van der Waals surface area contributed by atoms with Crippen LogP contribution in [0, 0.1) is 0 Å². The highest BCUT2D eigenvalue weighted by atomic mass is 16.2. The van der Waals surface area contributed by atoms with Crippen molar-refractivity contribution in [2.75, 3.05) is 11.6 Å². The molecule has 0 spiro atoms. The highest BCUT2D eigenvalue weighted by Crippen LogP contribution is 2.19. The average Bonchev–Trinajstić information content (AvgIpc) is 3.13. The van der Waals surface area contributed by atoms with Gasteiger partial charge in [0.25, 0.3) is 5.91 Å². The summed E-state index contributed by atoms with van der Waals surface area (Å²) in [7, 11) is 0. The van der Waals surface area contributed by atoms with Gasteiger partial charge in [-0.2, -0.15) is 10.2 Å². The molecular weight excluding hydrogens is 306 g/mol. The van der Waals surface area contributed by atoms with Crippen LogP contribution < -0.4 is 10.3 Å². The minimum absolute atomic E-state index is 0.101. The molecule has 0 fully saturated rings. The maximum Gasteiger partial charge on any atom is 0.267 e. The Hall–Kier alpha value is -2.96. The summed E-state index contributed by atoms with van der Waals surface area (Å²) in [6.07, 6.45) is 5.05. The summed E-state index contributed by atoms with van der Waals surface area (Å²) < 4.78 is 1.82. The van der Waals surface area contributed by atoms with Gasteiger partial charge in [0.15, 0.2) is 0 Å². The molecule has 0 atom stereocenters. The van der Waals surface area contributed by atoms with Crippen LogP contribution in [-0.4, -0.2) is 33.9 Å². The lowest BCUT2D eigenvalue weighted by Crippen LogP contribution is -2.39. The number of amides is 2. The third-order valence-corrected chi connectivity index (χ3v) is 3.70. The number of carbonyl (C=O) groups is 2. The SMILES string of the molecule is O=C(NCCCn1cccn1)C1=NN(c2ccccc2)C(=O)CC1. The van der Waals surface area contributed by atoms with Crippen LogP contribution in [0.2, 0.25) is 0 Å². The third kappa shape index (κ3) is 3.87. The van der Waals surface area contributed by atoms with Gasteiger partial charge in [0.2, 0.25) is 5.91 Å². The molecule has 1 aliphatic rings. The fraction of sp³-hybridized carbons (Fsp3) is 0.294. The predicted octanol–water partition coefficient (Wildman–Crippen LogP) is 1.57. The highest BCUT2D eigenvalue weighted by molar-refractivity contribution is 6.40. The van der Waals surface area contributed by atoms with E-state index < -0.39 is 0 Å². The number of nitrogens with one attached hydrogen (secondary N) is 1. The van der Waals surface area contributed by atoms with E-state index in [1.807, 2.05) is 35.1 Å². The van der Waals surface area contributed by atoms with Crippen molar-refractivity contribution in [3.63, 3.8) is 0 Å². The fourth-order valence-corrected chi connectivity index (χ4v) is 2.47. The molecule has 3 rings (SSSR count). The average molecular weight is 325 g/mol. The molecule has 0 unspecified atom stereocenters. The van der Waals surface area contributed by atoms with Gasteiger partial charge in [-0.25, -0.2) is 5.01 Å². The van der Waals surface area contributed by atoms with Crippen LogP contribution in [0.3, 0.4) is 0 Å². The van der Waals surface area contributed by atoms with E-state index in [1.54, 1.807) is 18.3 Å². The molecule has 1 aliphatic heterocycles. The Morgan fingerprint density at radius 2 is 2.00 bits per heavy atom. The lowest BCUT2D eigenvalue weighted by atomic mass is 10.1. The molecule has 24 heavy (non-hydrogen) atoms. The Morgan fingerprint density at radius 1 is 1.17 bits per heavy atom. The van der Waals surface area contributed by atoms with Gasteiger partial charge < -0.3 is 5.32 Å². The first kappa shape index (κ1) is 15.9. The molecule has 124 valence electrons. The van der Waals surface area contributed by atoms with Gasteiger partial charge in [-0.1, -0.05) is 18.2 Å². The summed E-state index contributed by atoms with van der Waals surface area (Å²) in [5, 5.41) is 12.5. The number of hydrogen-bond acceptors (Lipinski definition) is 4. The monoisotopic (exact) mass is 325 g/mol. The van der Waals surface area contributed by atoms with Crippen LogP contribution in [0.15, 0.2) is 53.9 Å². The molecule has 0 bridgehead atoms. The first-order chi connectivity index (χ1) is 11.7. The Morgan fingerprint density at radius 3 is 2.75 bits per heavy atom. The zero-order chi connectivity index (χ0) is 16.8. The molecule has 7 nitrogen and oxygen atoms in total. The minimum Gasteiger partial charge on any atom is -0.351 e. The lowest BCUT2D eigenvalue weighted by Gasteiger charge is -2.23. The van der Waals surface area contributed by atoms with Gasteiger partial charge >= 0.3 is 0 Å². The number of benzene rings is 1. The van der Waals surface area contributed by atoms with Gasteiger partial charge in [0.05, 0.1) is 5.69 Å². The third-order valence-electron chi connectivity index (χ3n) is 3.70. The zero-order valence-electron chi connectivity index (χ0n) is 13.3. The van der Waals surface area contributed by atoms with Gasteiger partial charge in [-0.15, -0.1) is 0 Å². The molecule has 2 amide bonds. The van der Waals surface area contributed by atoms with Gasteiger partial charge in [0.1, 0.15) is 5.71 Å². The Kier molecular flexibility index (Phi) is 5.00. The molecule has 0 aliphatic carbocycles. The number of carbonyl (C=O) groups excluding carboxylic acids is 2. The van der Waals surface area contributed by atoms with E-state index in [4.69, 9.17) is 0 Å². The smallest absolute Gasteiger partial charge is 0.267 e. The topological polar surface area (TPSA) is 79.6 Å². The first-order valence-corrected chi connectivity index (χ1v) is 7.95. The van der Waals surface area contributed by atoms with E-state index in [9.17, 15) is 9.59 Å². The standard InChI is InChI=1S/C17H19N5O2/c23-16-9-8-15(20-22(16)14-6-2-1-3-7-14)17(24)18-10-4-12-21-13-5-11-19-21/h1-3,5-7,11,13H,4,8-10,12H2,(H,18,24). The summed E-state index contributed by atoms with van der Waals surface area (Å²) in [5.74, 6) is -0.319. The van der Waals surface area contributed by atoms with Gasteiger partial charge in [-0.05, 0) is 24.6 Å². The highest BCUT2D eigenvalue weighted by Gasteiger charge is 2.25. The Balaban J connectivity index is 1.56. The summed E-state index contributed by atoms with van der Waals surface area (Å²) in [6.45, 7) is 1.28. The molecule has 1 aromatic carbocycles. The molecule has 1 N–H and O–H groups in total. The van der Waals surface area contributed by atoms with Crippen LogP contribution in [0.25, 0.3) is 0 Å². The maximum absolute atomic E-state index is 12.2. The quantitative estimate of drug-likeness (QED) is 0.819. The van der Waals surface area contributed by atoms with Crippen molar-refractivity contribution in [2.45, 2.75) is 25.8 Å². The molecule has 0 radical (unpaired) electrons. The van der Waals surface area contributed by atoms with Crippen molar-refractivity contribution in [3.05, 3.63) is 48.8 Å². The van der Waals surface area contributed by atoms with Gasteiger partial charge in [-0.3, -0.25) is 14.3 Å². The molecule has 2 aromatic rings. The van der Waals surface area contributed by atoms with E-state index in [1.165, 1.54) is 5.01 Å². The lowest BCUT2D eigenvalue weighted by molar-refractivity contribution is -0.118. The normalized spacial score (nSPS) is 14.4. The van der Waals surface area contributed by atoms with E-state index in [0.29, 0.717) is 24.4 Å². The largest absolute Gasteiger partial charge is 0.351 e. The predicted molar refractivity (Wildman–Crippen MR) is 90.5 cm³/mol. The Labute approximate surface area is 140 Å². The fourth-order valence-electron chi connectivity index (χ4n) is 2.47. The second-order valence-electron chi connectivity index (χ2n) is 5.47. The number of anilines is 1. The molecule has 0 saturated carbocycles. The summed E-state index contributed by atoms with van der Waals surface area (Å²) in [6, 6.07) is 11.0. The second kappa shape index (κ2) is 7.54. The summed E-state index contributed by atoms with van der Waals surface area (Å²) in [4.78, 5) is 24.3. The van der Waals surface area contributed by atoms with Crippen molar-refractivity contribution < 1.29 is 9.59 Å². The molecule has 2 heterocycles. The van der Waals surface area contributed by atoms with Crippen LogP contribution in [0.4, 0.5) is 5.69 Å². The number of nitrogens with zero attached hydrogens (tertiary/aromatic N) is 4. The van der Waals surface area contributed by atoms with Crippen molar-refractivity contribution in [1.82, 2.24) is 15.1 Å². The number of hydrogen-bond donors (Lipinski definition) is 1. The molecular formula is C17H19N5O2. The van der Waals surface area contributed by atoms with Crippen LogP contribution in [-0.2, 0) is 16.1 Å². The van der Waals surface area contributed by atoms with E-state index >= 15 is 0 Å². The number of hydrazone groups is 1. The van der Waals surface area contributed by atoms with Crippen LogP contribution >= 0.6 is 0 Å². The van der Waals surface area contributed by atoms with E-state index in [2.05, 4.69) is 15.5 Å². The Bertz CT molecular complexity index is 725. The summed E-state index contributed by atoms with van der Waals surface area (Å²) in [5.41, 5.74) is 1.06. The van der Waals surface area contributed by atoms with E-state index in [-0.39, 0.29) is 18.2 Å². The van der Waals surface area contributed by atoms with Gasteiger partial charge in [0, 0.05) is 38.3 Å². The molecule has 7 heteroatoms. The van der Waals surface area contributed by atoms with Crippen molar-refractivity contribution >= 4 is 23.2 Å². The summed E-state index contributed by atoms with van der Waals surface area (Å²) >= 11 is 0. The maximum atomic E-state index is 12.2. The van der Waals surface area contributed by atoms with Crippen molar-refractivity contribution in [2.24, 2.45) is 5.10 Å².